The van der Waals surface area contributed by atoms with Gasteiger partial charge in [-0.15, -0.1) is 11.8 Å². The van der Waals surface area contributed by atoms with Gasteiger partial charge < -0.3 is 4.90 Å². The van der Waals surface area contributed by atoms with E-state index in [2.05, 4.69) is 0 Å². The van der Waals surface area contributed by atoms with Crippen molar-refractivity contribution >= 4 is 17.7 Å². The van der Waals surface area contributed by atoms with E-state index >= 15 is 0 Å². The van der Waals surface area contributed by atoms with E-state index in [0.29, 0.717) is 5.56 Å². The molecule has 3 nitrogen and oxygen atoms in total. The average molecular weight is 348 g/mol. The highest BCUT2D eigenvalue weighted by molar-refractivity contribution is 8.00. The number of amides is 1. The molecule has 0 N–H and O–H groups in total. The van der Waals surface area contributed by atoms with Crippen molar-refractivity contribution in [3.63, 3.8) is 0 Å². The van der Waals surface area contributed by atoms with E-state index in [1.807, 2.05) is 6.07 Å². The quantitative estimate of drug-likeness (QED) is 0.794. The van der Waals surface area contributed by atoms with Crippen molar-refractivity contribution in [1.29, 1.82) is 5.26 Å². The Morgan fingerprint density at radius 1 is 1.17 bits per heavy atom. The van der Waals surface area contributed by atoms with Crippen LogP contribution >= 0.6 is 11.8 Å². The van der Waals surface area contributed by atoms with Gasteiger partial charge in [-0.1, -0.05) is 12.1 Å². The molecule has 7 heteroatoms. The van der Waals surface area contributed by atoms with Crippen molar-refractivity contribution in [3.05, 3.63) is 70.5 Å². The van der Waals surface area contributed by atoms with Crippen molar-refractivity contribution < 1.29 is 18.0 Å². The SMILES string of the molecule is N#Cc1ccc(C2SCC(=O)N2Cc2cc(F)c(F)c(F)c2)cc1. The van der Waals surface area contributed by atoms with Crippen LogP contribution in [-0.2, 0) is 11.3 Å². The Kier molecular flexibility index (Phi) is 4.49. The second-order valence-corrected chi connectivity index (χ2v) is 6.36. The molecule has 0 spiro atoms. The Morgan fingerprint density at radius 2 is 1.79 bits per heavy atom. The molecule has 0 radical (unpaired) electrons. The molecule has 2 aromatic carbocycles. The maximum absolute atomic E-state index is 13.4. The summed E-state index contributed by atoms with van der Waals surface area (Å²) in [6, 6.07) is 10.6. The molecule has 3 rings (SSSR count). The van der Waals surface area contributed by atoms with E-state index in [0.717, 1.165) is 17.7 Å². The van der Waals surface area contributed by atoms with Crippen LogP contribution in [0.1, 0.15) is 22.1 Å². The molecule has 0 aliphatic carbocycles. The monoisotopic (exact) mass is 348 g/mol. The fraction of sp³-hybridized carbons (Fsp3) is 0.176. The summed E-state index contributed by atoms with van der Waals surface area (Å²) < 4.78 is 39.8. The smallest absolute Gasteiger partial charge is 0.234 e. The summed E-state index contributed by atoms with van der Waals surface area (Å²) in [5.41, 5.74) is 1.50. The lowest BCUT2D eigenvalue weighted by Crippen LogP contribution is -2.27. The van der Waals surface area contributed by atoms with E-state index in [9.17, 15) is 18.0 Å². The summed E-state index contributed by atoms with van der Waals surface area (Å²) in [5.74, 6) is -4.00. The summed E-state index contributed by atoms with van der Waals surface area (Å²) in [6.07, 6.45) is 0. The van der Waals surface area contributed by atoms with Gasteiger partial charge in [-0.2, -0.15) is 5.26 Å². The molecule has 24 heavy (non-hydrogen) atoms. The number of carbonyl (C=O) groups is 1. The second kappa shape index (κ2) is 6.57. The molecule has 0 saturated carbocycles. The first-order valence-electron chi connectivity index (χ1n) is 7.04. The molecule has 1 amide bonds. The summed E-state index contributed by atoms with van der Waals surface area (Å²) in [6.45, 7) is -0.0232. The van der Waals surface area contributed by atoms with Gasteiger partial charge in [0.05, 0.1) is 17.4 Å². The molecule has 1 saturated heterocycles. The summed E-state index contributed by atoms with van der Waals surface area (Å²) in [5, 5.41) is 8.52. The van der Waals surface area contributed by atoms with Gasteiger partial charge in [-0.25, -0.2) is 13.2 Å². The third-order valence-corrected chi connectivity index (χ3v) is 4.95. The number of rotatable bonds is 3. The molecule has 1 unspecified atom stereocenters. The molecule has 122 valence electrons. The van der Waals surface area contributed by atoms with Gasteiger partial charge in [-0.3, -0.25) is 4.79 Å². The normalized spacial score (nSPS) is 17.2. The van der Waals surface area contributed by atoms with Crippen LogP contribution in [0.2, 0.25) is 0 Å². The minimum atomic E-state index is -1.52. The van der Waals surface area contributed by atoms with Gasteiger partial charge in [0.1, 0.15) is 5.37 Å². The van der Waals surface area contributed by atoms with Crippen molar-refractivity contribution in [3.8, 4) is 6.07 Å². The van der Waals surface area contributed by atoms with Gasteiger partial charge in [0.15, 0.2) is 17.5 Å². The summed E-state index contributed by atoms with van der Waals surface area (Å²) in [7, 11) is 0. The molecule has 1 heterocycles. The van der Waals surface area contributed by atoms with E-state index in [1.54, 1.807) is 24.3 Å². The first-order valence-corrected chi connectivity index (χ1v) is 8.09. The van der Waals surface area contributed by atoms with Crippen molar-refractivity contribution in [1.82, 2.24) is 4.90 Å². The fourth-order valence-electron chi connectivity index (χ4n) is 2.52. The number of carbonyl (C=O) groups excluding carboxylic acids is 1. The van der Waals surface area contributed by atoms with Gasteiger partial charge in [-0.05, 0) is 35.4 Å². The van der Waals surface area contributed by atoms with Crippen LogP contribution in [0, 0.1) is 28.8 Å². The maximum atomic E-state index is 13.4. The Labute approximate surface area is 140 Å². The summed E-state index contributed by atoms with van der Waals surface area (Å²) in [4.78, 5) is 13.6. The minimum absolute atomic E-state index is 0.0232. The van der Waals surface area contributed by atoms with Crippen molar-refractivity contribution in [2.24, 2.45) is 0 Å². The number of hydrogen-bond donors (Lipinski definition) is 0. The topological polar surface area (TPSA) is 44.1 Å². The number of nitrogens with zero attached hydrogens (tertiary/aromatic N) is 2. The molecule has 1 aliphatic heterocycles. The van der Waals surface area contributed by atoms with E-state index in [-0.39, 0.29) is 29.1 Å². The lowest BCUT2D eigenvalue weighted by Gasteiger charge is -2.24. The number of benzene rings is 2. The number of thioether (sulfide) groups is 1. The first kappa shape index (κ1) is 16.4. The van der Waals surface area contributed by atoms with Crippen LogP contribution in [0.15, 0.2) is 36.4 Å². The fourth-order valence-corrected chi connectivity index (χ4v) is 3.71. The average Bonchev–Trinajstić information content (AvgIpc) is 2.93. The molecular weight excluding hydrogens is 337 g/mol. The van der Waals surface area contributed by atoms with E-state index in [4.69, 9.17) is 5.26 Å². The van der Waals surface area contributed by atoms with Crippen LogP contribution in [0.25, 0.3) is 0 Å². The first-order chi connectivity index (χ1) is 11.5. The number of hydrogen-bond acceptors (Lipinski definition) is 3. The zero-order valence-electron chi connectivity index (χ0n) is 12.3. The molecule has 1 aliphatic rings. The predicted octanol–water partition coefficient (Wildman–Crippen LogP) is 3.75. The Morgan fingerprint density at radius 3 is 2.38 bits per heavy atom. The van der Waals surface area contributed by atoms with Gasteiger partial charge >= 0.3 is 0 Å². The third-order valence-electron chi connectivity index (χ3n) is 3.69. The third kappa shape index (κ3) is 3.10. The molecule has 1 fully saturated rings. The largest absolute Gasteiger partial charge is 0.322 e. The molecule has 1 atom stereocenters. The Balaban J connectivity index is 1.87. The van der Waals surface area contributed by atoms with Crippen molar-refractivity contribution in [2.75, 3.05) is 5.75 Å². The van der Waals surface area contributed by atoms with Gasteiger partial charge in [0.25, 0.3) is 0 Å². The Hall–Kier alpha value is -2.46. The van der Waals surface area contributed by atoms with Crippen LogP contribution in [0.4, 0.5) is 13.2 Å². The van der Waals surface area contributed by atoms with Gasteiger partial charge in [0, 0.05) is 6.54 Å². The molecule has 0 bridgehead atoms. The highest BCUT2D eigenvalue weighted by atomic mass is 32.2. The summed E-state index contributed by atoms with van der Waals surface area (Å²) >= 11 is 1.39. The minimum Gasteiger partial charge on any atom is -0.322 e. The molecular formula is C17H11F3N2OS. The van der Waals surface area contributed by atoms with Crippen LogP contribution in [0.5, 0.6) is 0 Å². The molecule has 0 aromatic heterocycles. The number of nitriles is 1. The lowest BCUT2D eigenvalue weighted by molar-refractivity contribution is -0.128. The van der Waals surface area contributed by atoms with Crippen LogP contribution in [-0.4, -0.2) is 16.6 Å². The van der Waals surface area contributed by atoms with Gasteiger partial charge in [0.2, 0.25) is 5.91 Å². The maximum Gasteiger partial charge on any atom is 0.234 e. The predicted molar refractivity (Wildman–Crippen MR) is 83.2 cm³/mol. The number of halogens is 3. The second-order valence-electron chi connectivity index (χ2n) is 5.29. The highest BCUT2D eigenvalue weighted by Crippen LogP contribution is 2.39. The van der Waals surface area contributed by atoms with E-state index < -0.39 is 17.5 Å². The standard InChI is InChI=1S/C17H11F3N2OS/c18-13-5-11(6-14(19)16(13)20)8-22-15(23)9-24-17(22)12-3-1-10(7-21)2-4-12/h1-6,17H,8-9H2. The lowest BCUT2D eigenvalue weighted by atomic mass is 10.1. The van der Waals surface area contributed by atoms with Crippen LogP contribution in [0.3, 0.4) is 0 Å². The zero-order chi connectivity index (χ0) is 17.3. The highest BCUT2D eigenvalue weighted by Gasteiger charge is 2.33. The molecule has 2 aromatic rings. The Bertz CT molecular complexity index is 810. The zero-order valence-corrected chi connectivity index (χ0v) is 13.1. The van der Waals surface area contributed by atoms with E-state index in [1.165, 1.54) is 16.7 Å². The van der Waals surface area contributed by atoms with Crippen molar-refractivity contribution in [2.45, 2.75) is 11.9 Å². The van der Waals surface area contributed by atoms with Crippen LogP contribution < -0.4 is 0 Å².